The molecule has 8 bridgehead atoms. The van der Waals surface area contributed by atoms with Crippen LogP contribution in [0.3, 0.4) is 0 Å². The van der Waals surface area contributed by atoms with Crippen LogP contribution in [0.15, 0.2) is 146 Å². The molecule has 0 amide bonds. The molecule has 0 spiro atoms. The molecule has 0 atom stereocenters. The molecule has 0 heteroatoms. The zero-order chi connectivity index (χ0) is 63.4. The van der Waals surface area contributed by atoms with Crippen molar-refractivity contribution >= 4 is 86.2 Å². The van der Waals surface area contributed by atoms with E-state index in [9.17, 15) is 0 Å². The molecule has 10 aliphatic rings. The molecule has 0 saturated carbocycles. The van der Waals surface area contributed by atoms with Crippen molar-refractivity contribution in [2.24, 2.45) is 0 Å². The van der Waals surface area contributed by atoms with Crippen LogP contribution in [0, 0.1) is 41.7 Å². The highest BCUT2D eigenvalue weighted by molar-refractivity contribution is 6.12. The molecule has 12 aromatic rings. The van der Waals surface area contributed by atoms with Gasteiger partial charge in [0, 0.05) is 0 Å². The molecule has 12 aromatic carbocycles. The van der Waals surface area contributed by atoms with Gasteiger partial charge in [0.15, 0.2) is 0 Å². The van der Waals surface area contributed by atoms with Crippen LogP contribution >= 0.6 is 0 Å². The zero-order valence-corrected chi connectivity index (χ0v) is 57.9. The van der Waals surface area contributed by atoms with Crippen LogP contribution in [0.25, 0.3) is 86.2 Å². The SMILES string of the molecule is CC(C)(C)c1ccc2c3c4cc(C(C)(C)C)ccc4c(c2c1)=c1c2cc(C(C)(C)C)ccc2/c(c2cc(C(C)(C)C)ccc12)=c1/c2ccc(C(C)(C)C)cc2/c(c2ccc(C(C)(C)C)cc12)=c1\c2ccc(C(C)(C)C)cc2c=3c2ccc(C(C)(C)C)cc12. The monoisotopic (exact) mass is 1150 g/mol. The maximum absolute atomic E-state index is 2.62. The van der Waals surface area contributed by atoms with Crippen LogP contribution in [0.5, 0.6) is 0 Å². The third-order valence-electron chi connectivity index (χ3n) is 20.4. The highest BCUT2D eigenvalue weighted by atomic mass is 14.3. The highest BCUT2D eigenvalue weighted by Gasteiger charge is 2.28. The van der Waals surface area contributed by atoms with Crippen molar-refractivity contribution in [3.8, 4) is 0 Å². The summed E-state index contributed by atoms with van der Waals surface area (Å²) in [6.07, 6.45) is 0. The van der Waals surface area contributed by atoms with E-state index in [-0.39, 0.29) is 43.3 Å². The highest BCUT2D eigenvalue weighted by Crippen LogP contribution is 2.46. The Labute approximate surface area is 524 Å². The minimum atomic E-state index is -0.124. The molecule has 22 rings (SSSR count). The summed E-state index contributed by atoms with van der Waals surface area (Å²) in [5.41, 5.74) is 9.67. The summed E-state index contributed by atoms with van der Waals surface area (Å²) in [7, 11) is 0. The fourth-order valence-corrected chi connectivity index (χ4v) is 14.8. The van der Waals surface area contributed by atoms with Crippen LogP contribution < -0.4 is 0 Å². The lowest BCUT2D eigenvalue weighted by atomic mass is 9.79. The molecule has 0 unspecified atom stereocenters. The summed E-state index contributed by atoms with van der Waals surface area (Å²) in [6, 6.07) is 61.0. The van der Waals surface area contributed by atoms with Crippen LogP contribution in [0.1, 0.15) is 211 Å². The van der Waals surface area contributed by atoms with Crippen molar-refractivity contribution in [2.45, 2.75) is 209 Å². The normalized spacial score (nSPS) is 14.7. The predicted octanol–water partition coefficient (Wildman–Crippen LogP) is 24.8. The topological polar surface area (TPSA) is 0 Å². The van der Waals surface area contributed by atoms with Crippen molar-refractivity contribution in [3.63, 3.8) is 0 Å². The van der Waals surface area contributed by atoms with E-state index in [0.29, 0.717) is 0 Å². The zero-order valence-electron chi connectivity index (χ0n) is 57.9. The molecule has 10 aliphatic carbocycles. The Bertz CT molecular complexity index is 4440. The number of hydrogen-bond donors (Lipinski definition) is 0. The quantitative estimate of drug-likeness (QED) is 0.133. The second-order valence-electron chi connectivity index (χ2n) is 35.1. The molecular formula is C88H96. The molecule has 0 saturated heterocycles. The number of benzene rings is 12. The van der Waals surface area contributed by atoms with Crippen LogP contribution in [-0.2, 0) is 43.3 Å². The standard InChI is InChI=1S/C88H96/c1-81(2,3)49-25-33-57-65(41-49)73-58-34-26-50(82(4,5)6)42-66(58)74(57)76-61-37-29-54(86(16,17)18)46-70(61)78(62-38-30-53(45-69(62)76)85(13,14)15)80-64-40-32-55(87(19,20)21)47-71(64)79(63-39-31-56(48-72(63)80)88(22,23)24)77-60-36-28-51(83(7,8)9)43-67(60)75(73)59-35-27-52(44-68(59)77)84(10,11)12/h25-48H,1-24H3/b75-73+,76-74+,79-77?,80-78?. The van der Waals surface area contributed by atoms with E-state index in [4.69, 9.17) is 0 Å². The summed E-state index contributed by atoms with van der Waals surface area (Å²) in [5, 5.41) is 31.2. The summed E-state index contributed by atoms with van der Waals surface area (Å²) in [6.45, 7) is 57.4. The van der Waals surface area contributed by atoms with Gasteiger partial charge in [0.25, 0.3) is 0 Å². The lowest BCUT2D eigenvalue weighted by molar-refractivity contribution is 0.590. The van der Waals surface area contributed by atoms with E-state index < -0.39 is 0 Å². The van der Waals surface area contributed by atoms with Gasteiger partial charge in [-0.3, -0.25) is 0 Å². The van der Waals surface area contributed by atoms with Crippen molar-refractivity contribution in [3.05, 3.63) is 232 Å². The largest absolute Gasteiger partial charge is 0.0578 e. The minimum absolute atomic E-state index is 0.124. The molecule has 0 heterocycles. The average molecular weight is 1150 g/mol. The van der Waals surface area contributed by atoms with Gasteiger partial charge in [-0.2, -0.15) is 0 Å². The summed E-state index contributed by atoms with van der Waals surface area (Å²) >= 11 is 0. The summed E-state index contributed by atoms with van der Waals surface area (Å²) < 4.78 is 0. The van der Waals surface area contributed by atoms with E-state index in [2.05, 4.69) is 312 Å². The van der Waals surface area contributed by atoms with E-state index in [0.717, 1.165) is 0 Å². The first-order valence-electron chi connectivity index (χ1n) is 32.9. The molecule has 0 aliphatic heterocycles. The van der Waals surface area contributed by atoms with Gasteiger partial charge >= 0.3 is 0 Å². The Morgan fingerprint density at radius 3 is 0.295 bits per heavy atom. The maximum Gasteiger partial charge on any atom is -0.00138 e. The Hall–Kier alpha value is -7.28. The maximum atomic E-state index is 2.62. The lowest BCUT2D eigenvalue weighted by Gasteiger charge is -2.25. The second kappa shape index (κ2) is 19.1. The third kappa shape index (κ3) is 9.42. The van der Waals surface area contributed by atoms with Crippen LogP contribution in [0.2, 0.25) is 0 Å². The predicted molar refractivity (Wildman–Crippen MR) is 386 cm³/mol. The van der Waals surface area contributed by atoms with Crippen molar-refractivity contribution in [2.75, 3.05) is 0 Å². The smallest absolute Gasteiger partial charge is 0.00138 e. The van der Waals surface area contributed by atoms with E-state index >= 15 is 0 Å². The number of rotatable bonds is 0. The first-order valence-corrected chi connectivity index (χ1v) is 32.9. The Balaban J connectivity index is 1.65. The summed E-state index contributed by atoms with van der Waals surface area (Å²) in [4.78, 5) is 0. The second-order valence-corrected chi connectivity index (χ2v) is 35.1. The molecule has 0 fully saturated rings. The van der Waals surface area contributed by atoms with Gasteiger partial charge in [0.05, 0.1) is 0 Å². The molecule has 88 heavy (non-hydrogen) atoms. The fraction of sp³-hybridized carbons (Fsp3) is 0.364. The van der Waals surface area contributed by atoms with Gasteiger partial charge in [-0.25, -0.2) is 0 Å². The first kappa shape index (κ1) is 59.7. The van der Waals surface area contributed by atoms with Crippen molar-refractivity contribution < 1.29 is 0 Å². The Morgan fingerprint density at radius 2 is 0.216 bits per heavy atom. The molecule has 0 nitrogen and oxygen atoms in total. The van der Waals surface area contributed by atoms with Crippen LogP contribution in [0.4, 0.5) is 0 Å². The van der Waals surface area contributed by atoms with Crippen molar-refractivity contribution in [1.29, 1.82) is 0 Å². The lowest BCUT2D eigenvalue weighted by Crippen LogP contribution is -2.12. The third-order valence-corrected chi connectivity index (χ3v) is 20.4. The Morgan fingerprint density at radius 1 is 0.125 bits per heavy atom. The Kier molecular flexibility index (Phi) is 13.0. The van der Waals surface area contributed by atoms with E-state index in [1.807, 2.05) is 0 Å². The van der Waals surface area contributed by atoms with Gasteiger partial charge in [0.2, 0.25) is 0 Å². The summed E-state index contributed by atoms with van der Waals surface area (Å²) in [5.74, 6) is 0. The van der Waals surface area contributed by atoms with Gasteiger partial charge in [0.1, 0.15) is 0 Å². The van der Waals surface area contributed by atoms with Gasteiger partial charge in [-0.15, -0.1) is 0 Å². The molecule has 448 valence electrons. The molecular weight excluding hydrogens is 1060 g/mol. The number of hydrogen-bond acceptors (Lipinski definition) is 0. The van der Waals surface area contributed by atoms with Gasteiger partial charge < -0.3 is 0 Å². The van der Waals surface area contributed by atoms with E-state index in [1.165, 1.54) is 172 Å². The van der Waals surface area contributed by atoms with E-state index in [1.54, 1.807) is 0 Å². The fourth-order valence-electron chi connectivity index (χ4n) is 14.8. The van der Waals surface area contributed by atoms with Crippen molar-refractivity contribution in [1.82, 2.24) is 0 Å². The first-order chi connectivity index (χ1) is 40.7. The molecule has 0 N–H and O–H groups in total. The average Bonchev–Trinajstić information content (AvgIpc) is 0.692. The van der Waals surface area contributed by atoms with Crippen LogP contribution in [-0.4, -0.2) is 0 Å². The molecule has 0 radical (unpaired) electrons. The minimum Gasteiger partial charge on any atom is -0.0578 e. The molecule has 0 aromatic heterocycles. The van der Waals surface area contributed by atoms with Gasteiger partial charge in [-0.1, -0.05) is 263 Å². The van der Waals surface area contributed by atoms with Gasteiger partial charge in [-0.05, 0) is 264 Å².